The van der Waals surface area contributed by atoms with Gasteiger partial charge in [0.1, 0.15) is 5.54 Å². The zero-order valence-electron chi connectivity index (χ0n) is 12.0. The summed E-state index contributed by atoms with van der Waals surface area (Å²) in [6.07, 6.45) is 0.564. The van der Waals surface area contributed by atoms with Crippen molar-refractivity contribution in [2.75, 3.05) is 13.2 Å². The molecule has 1 aromatic carbocycles. The molecule has 0 aliphatic rings. The van der Waals surface area contributed by atoms with E-state index >= 15 is 0 Å². The van der Waals surface area contributed by atoms with Gasteiger partial charge in [0.05, 0.1) is 0 Å². The second kappa shape index (κ2) is 6.68. The van der Waals surface area contributed by atoms with Crippen LogP contribution in [0.2, 0.25) is 0 Å². The van der Waals surface area contributed by atoms with Crippen LogP contribution in [0.5, 0.6) is 0 Å². The normalized spacial score (nSPS) is 14.2. The number of hydrogen-bond acceptors (Lipinski definition) is 3. The average molecular weight is 264 g/mol. The summed E-state index contributed by atoms with van der Waals surface area (Å²) in [5.74, 6) is -0.109. The highest BCUT2D eigenvalue weighted by atomic mass is 16.3. The molecule has 4 heteroatoms. The molecule has 0 aromatic heterocycles. The molecule has 0 spiro atoms. The number of benzene rings is 1. The van der Waals surface area contributed by atoms with E-state index in [9.17, 15) is 4.79 Å². The third-order valence-electron chi connectivity index (χ3n) is 3.26. The molecular formula is C15H24N2O2. The van der Waals surface area contributed by atoms with Gasteiger partial charge in [-0.1, -0.05) is 30.3 Å². The lowest BCUT2D eigenvalue weighted by molar-refractivity contribution is -0.138. The van der Waals surface area contributed by atoms with Crippen LogP contribution in [-0.4, -0.2) is 35.1 Å². The third kappa shape index (κ3) is 3.78. The Morgan fingerprint density at radius 1 is 1.37 bits per heavy atom. The minimum absolute atomic E-state index is 0.0608. The van der Waals surface area contributed by atoms with Crippen molar-refractivity contribution in [2.45, 2.75) is 38.8 Å². The van der Waals surface area contributed by atoms with E-state index < -0.39 is 5.54 Å². The Balaban J connectivity index is 2.95. The van der Waals surface area contributed by atoms with E-state index in [0.29, 0.717) is 13.0 Å². The predicted molar refractivity (Wildman–Crippen MR) is 76.5 cm³/mol. The average Bonchev–Trinajstić information content (AvgIpc) is 2.39. The van der Waals surface area contributed by atoms with Gasteiger partial charge in [-0.25, -0.2) is 0 Å². The largest absolute Gasteiger partial charge is 0.396 e. The quantitative estimate of drug-likeness (QED) is 0.818. The Hall–Kier alpha value is -1.39. The lowest BCUT2D eigenvalue weighted by Crippen LogP contribution is -2.53. The van der Waals surface area contributed by atoms with Crippen molar-refractivity contribution in [2.24, 2.45) is 5.73 Å². The second-order valence-corrected chi connectivity index (χ2v) is 5.24. The van der Waals surface area contributed by atoms with Crippen molar-refractivity contribution in [1.82, 2.24) is 4.90 Å². The van der Waals surface area contributed by atoms with E-state index in [4.69, 9.17) is 10.8 Å². The van der Waals surface area contributed by atoms with Crippen molar-refractivity contribution in [1.29, 1.82) is 0 Å². The van der Waals surface area contributed by atoms with Gasteiger partial charge in [-0.3, -0.25) is 4.79 Å². The van der Waals surface area contributed by atoms with Crippen LogP contribution in [0.3, 0.4) is 0 Å². The first-order valence-corrected chi connectivity index (χ1v) is 6.67. The Bertz CT molecular complexity index is 402. The van der Waals surface area contributed by atoms with Crippen LogP contribution in [-0.2, 0) is 10.3 Å². The molecule has 19 heavy (non-hydrogen) atoms. The van der Waals surface area contributed by atoms with Gasteiger partial charge in [-0.05, 0) is 32.8 Å². The van der Waals surface area contributed by atoms with Crippen LogP contribution in [0.25, 0.3) is 0 Å². The molecule has 3 N–H and O–H groups in total. The molecule has 0 fully saturated rings. The van der Waals surface area contributed by atoms with Crippen molar-refractivity contribution in [3.8, 4) is 0 Å². The fourth-order valence-electron chi connectivity index (χ4n) is 2.04. The van der Waals surface area contributed by atoms with Crippen molar-refractivity contribution in [3.05, 3.63) is 35.9 Å². The van der Waals surface area contributed by atoms with Gasteiger partial charge in [-0.15, -0.1) is 0 Å². The molecule has 0 bridgehead atoms. The van der Waals surface area contributed by atoms with Crippen molar-refractivity contribution < 1.29 is 9.90 Å². The molecule has 0 saturated carbocycles. The molecule has 1 atom stereocenters. The molecule has 1 aromatic rings. The summed E-state index contributed by atoms with van der Waals surface area (Å²) in [5, 5.41) is 8.93. The first kappa shape index (κ1) is 15.7. The van der Waals surface area contributed by atoms with Crippen LogP contribution < -0.4 is 5.73 Å². The fourth-order valence-corrected chi connectivity index (χ4v) is 2.04. The highest BCUT2D eigenvalue weighted by Crippen LogP contribution is 2.21. The second-order valence-electron chi connectivity index (χ2n) is 5.24. The maximum atomic E-state index is 12.6. The molecule has 0 saturated heterocycles. The minimum Gasteiger partial charge on any atom is -0.396 e. The molecule has 106 valence electrons. The number of aliphatic hydroxyl groups is 1. The fraction of sp³-hybridized carbons (Fsp3) is 0.533. The zero-order valence-corrected chi connectivity index (χ0v) is 12.0. The van der Waals surface area contributed by atoms with E-state index in [1.54, 1.807) is 11.8 Å². The summed E-state index contributed by atoms with van der Waals surface area (Å²) < 4.78 is 0. The predicted octanol–water partition coefficient (Wildman–Crippen LogP) is 1.48. The highest BCUT2D eigenvalue weighted by molar-refractivity contribution is 5.87. The van der Waals surface area contributed by atoms with Crippen LogP contribution in [0, 0.1) is 0 Å². The number of aliphatic hydroxyl groups excluding tert-OH is 1. The topological polar surface area (TPSA) is 66.6 Å². The molecule has 1 amide bonds. The number of carbonyl (C=O) groups excluding carboxylic acids is 1. The first-order chi connectivity index (χ1) is 8.91. The number of nitrogens with two attached hydrogens (primary N) is 1. The van der Waals surface area contributed by atoms with Crippen molar-refractivity contribution in [3.63, 3.8) is 0 Å². The molecular weight excluding hydrogens is 240 g/mol. The zero-order chi connectivity index (χ0) is 14.5. The van der Waals surface area contributed by atoms with E-state index in [1.165, 1.54) is 0 Å². The molecule has 0 radical (unpaired) electrons. The molecule has 4 nitrogen and oxygen atoms in total. The number of nitrogens with zero attached hydrogens (tertiary/aromatic N) is 1. The highest BCUT2D eigenvalue weighted by Gasteiger charge is 2.35. The third-order valence-corrected chi connectivity index (χ3v) is 3.26. The van der Waals surface area contributed by atoms with Gasteiger partial charge in [0.2, 0.25) is 5.91 Å². The van der Waals surface area contributed by atoms with Crippen LogP contribution in [0.1, 0.15) is 32.8 Å². The molecule has 1 unspecified atom stereocenters. The lowest BCUT2D eigenvalue weighted by Gasteiger charge is -2.34. The Kier molecular flexibility index (Phi) is 5.51. The number of amides is 1. The summed E-state index contributed by atoms with van der Waals surface area (Å²) in [5.41, 5.74) is 6.00. The van der Waals surface area contributed by atoms with Gasteiger partial charge in [0, 0.05) is 19.2 Å². The molecule has 0 heterocycles. The maximum Gasteiger partial charge on any atom is 0.247 e. The Labute approximate surface area is 115 Å². The molecule has 1 rings (SSSR count). The number of rotatable bonds is 6. The molecule has 0 aliphatic heterocycles. The number of carbonyl (C=O) groups is 1. The van der Waals surface area contributed by atoms with Crippen LogP contribution in [0.4, 0.5) is 0 Å². The van der Waals surface area contributed by atoms with Gasteiger partial charge < -0.3 is 15.7 Å². The summed E-state index contributed by atoms with van der Waals surface area (Å²) in [4.78, 5) is 14.4. The Morgan fingerprint density at radius 2 is 1.95 bits per heavy atom. The van der Waals surface area contributed by atoms with Crippen molar-refractivity contribution >= 4 is 5.91 Å². The summed E-state index contributed by atoms with van der Waals surface area (Å²) in [7, 11) is 0. The van der Waals surface area contributed by atoms with E-state index in [2.05, 4.69) is 0 Å². The molecule has 0 aliphatic carbocycles. The van der Waals surface area contributed by atoms with Gasteiger partial charge in [0.25, 0.3) is 0 Å². The SMILES string of the molecule is CC(C)N(CCCO)C(=O)C(C)(N)c1ccccc1. The summed E-state index contributed by atoms with van der Waals surface area (Å²) in [6, 6.07) is 9.44. The standard InChI is InChI=1S/C15H24N2O2/c1-12(2)17(10-7-11-18)14(19)15(3,16)13-8-5-4-6-9-13/h4-6,8-9,12,18H,7,10-11,16H2,1-3H3. The van der Waals surface area contributed by atoms with Crippen LogP contribution in [0.15, 0.2) is 30.3 Å². The summed E-state index contributed by atoms with van der Waals surface area (Å²) >= 11 is 0. The lowest BCUT2D eigenvalue weighted by atomic mass is 9.91. The minimum atomic E-state index is -1.04. The maximum absolute atomic E-state index is 12.6. The van der Waals surface area contributed by atoms with Gasteiger partial charge in [0.15, 0.2) is 0 Å². The van der Waals surface area contributed by atoms with Crippen LogP contribution >= 0.6 is 0 Å². The van der Waals surface area contributed by atoms with E-state index in [1.807, 2.05) is 44.2 Å². The van der Waals surface area contributed by atoms with Gasteiger partial charge >= 0.3 is 0 Å². The van der Waals surface area contributed by atoms with E-state index in [-0.39, 0.29) is 18.6 Å². The Morgan fingerprint density at radius 3 is 2.42 bits per heavy atom. The number of hydrogen-bond donors (Lipinski definition) is 2. The summed E-state index contributed by atoms with van der Waals surface area (Å²) in [6.45, 7) is 6.24. The smallest absolute Gasteiger partial charge is 0.247 e. The monoisotopic (exact) mass is 264 g/mol. The van der Waals surface area contributed by atoms with Gasteiger partial charge in [-0.2, -0.15) is 0 Å². The van der Waals surface area contributed by atoms with E-state index in [0.717, 1.165) is 5.56 Å². The first-order valence-electron chi connectivity index (χ1n) is 6.67.